The Balaban J connectivity index is 0. The molecule has 6 N–H and O–H groups in total. The van der Waals surface area contributed by atoms with Crippen molar-refractivity contribution in [3.63, 3.8) is 0 Å². The minimum absolute atomic E-state index is 0. The van der Waals surface area contributed by atoms with Crippen molar-refractivity contribution in [2.24, 2.45) is 0 Å². The van der Waals surface area contributed by atoms with Gasteiger partial charge in [-0.2, -0.15) is 0 Å². The number of hydrogen-bond donors (Lipinski definition) is 0. The maximum atomic E-state index is 0. The Morgan fingerprint density at radius 2 is 0.500 bits per heavy atom. The average Bonchev–Trinajstić information content (AvgIpc) is 0. The molecule has 0 heterocycles. The van der Waals surface area contributed by atoms with Crippen molar-refractivity contribution in [1.82, 2.24) is 0 Å². The van der Waals surface area contributed by atoms with Gasteiger partial charge in [0, 0.05) is 0 Å². The van der Waals surface area contributed by atoms with E-state index in [1.807, 2.05) is 0 Å². The van der Waals surface area contributed by atoms with Crippen molar-refractivity contribution in [3.8, 4) is 0 Å². The van der Waals surface area contributed by atoms with Crippen molar-refractivity contribution in [2.75, 3.05) is 0 Å². The molecule has 0 saturated carbocycles. The second-order valence-corrected chi connectivity index (χ2v) is 0. The van der Waals surface area contributed by atoms with Crippen molar-refractivity contribution < 1.29 is 47.5 Å². The van der Waals surface area contributed by atoms with Crippen LogP contribution in [0.15, 0.2) is 0 Å². The maximum absolute atomic E-state index is 0. The molecule has 0 amide bonds. The molecule has 0 spiro atoms. The fraction of sp³-hybridized carbons (Fsp3) is 0. The zero-order valence-corrected chi connectivity index (χ0v) is 5.02. The Morgan fingerprint density at radius 3 is 0.500 bits per heavy atom. The molecule has 45 valence electrons. The summed E-state index contributed by atoms with van der Waals surface area (Å²) in [7, 11) is 0. The molecule has 0 aromatic carbocycles. The quantitative estimate of drug-likeness (QED) is 0.527. The van der Waals surface area contributed by atoms with Gasteiger partial charge in [-0.3, -0.25) is 0 Å². The third kappa shape index (κ3) is 262. The van der Waals surface area contributed by atoms with Gasteiger partial charge in [-0.25, -0.2) is 0 Å². The zero-order valence-electron chi connectivity index (χ0n) is 2.62. The van der Waals surface area contributed by atoms with Crippen LogP contribution in [0.25, 0.3) is 0 Å². The van der Waals surface area contributed by atoms with E-state index in [-0.39, 0.29) is 47.5 Å². The van der Waals surface area contributed by atoms with Gasteiger partial charge in [0.1, 0.15) is 0 Å². The van der Waals surface area contributed by atoms with Crippen LogP contribution in [0.3, 0.4) is 0 Å². The SMILES string of the molecule is O.[Ir+4].[OH-].[OH-].[OH-].[OH-]. The molecule has 0 unspecified atom stereocenters. The standard InChI is InChI=1S/Ir.5H2O/h;5*1H2/q+4;;;;;/p-4. The van der Waals surface area contributed by atoms with Crippen LogP contribution < -0.4 is 0 Å². The van der Waals surface area contributed by atoms with E-state index < -0.39 is 0 Å². The Labute approximate surface area is 48.3 Å². The molecule has 0 aromatic heterocycles. The normalized spacial score (nSPS) is 0. The molecule has 0 saturated heterocycles. The summed E-state index contributed by atoms with van der Waals surface area (Å²) in [5, 5.41) is 0. The van der Waals surface area contributed by atoms with Crippen LogP contribution in [0, 0.1) is 0 Å². The van der Waals surface area contributed by atoms with Crippen LogP contribution in [-0.4, -0.2) is 27.4 Å². The first-order valence-electron chi connectivity index (χ1n) is 0. The summed E-state index contributed by atoms with van der Waals surface area (Å²) in [6.45, 7) is 0. The molecule has 6 heavy (non-hydrogen) atoms. The first-order chi connectivity index (χ1) is 0. The summed E-state index contributed by atoms with van der Waals surface area (Å²) >= 11 is 0. The second kappa shape index (κ2) is 534. The van der Waals surface area contributed by atoms with Crippen LogP contribution in [0.1, 0.15) is 0 Å². The average molecular weight is 278 g/mol. The molecule has 6 heteroatoms. The number of rotatable bonds is 0. The van der Waals surface area contributed by atoms with Gasteiger partial charge >= 0.3 is 20.1 Å². The smallest absolute Gasteiger partial charge is 0.870 e. The van der Waals surface area contributed by atoms with Crippen LogP contribution in [-0.2, 0) is 20.1 Å². The third-order valence-electron chi connectivity index (χ3n) is 0. The van der Waals surface area contributed by atoms with Crippen LogP contribution in [0.2, 0.25) is 0 Å². The molecule has 0 aliphatic carbocycles. The molecule has 0 rings (SSSR count). The van der Waals surface area contributed by atoms with Crippen molar-refractivity contribution >= 4 is 0 Å². The first kappa shape index (κ1) is 948. The van der Waals surface area contributed by atoms with E-state index in [1.54, 1.807) is 0 Å². The Kier molecular flexibility index (Phi) is 84500. The summed E-state index contributed by atoms with van der Waals surface area (Å²) in [5.41, 5.74) is 0. The summed E-state index contributed by atoms with van der Waals surface area (Å²) < 4.78 is 0. The van der Waals surface area contributed by atoms with Crippen molar-refractivity contribution in [2.45, 2.75) is 0 Å². The van der Waals surface area contributed by atoms with Gasteiger partial charge in [-0.15, -0.1) is 0 Å². The van der Waals surface area contributed by atoms with E-state index in [0.29, 0.717) is 0 Å². The molecule has 0 fully saturated rings. The molecule has 1 radical (unpaired) electrons. The zero-order chi connectivity index (χ0) is 0. The van der Waals surface area contributed by atoms with Gasteiger partial charge in [-0.05, 0) is 0 Å². The molecule has 0 bridgehead atoms. The third-order valence-corrected chi connectivity index (χ3v) is 0. The van der Waals surface area contributed by atoms with Gasteiger partial charge in [0.05, 0.1) is 0 Å². The minimum Gasteiger partial charge on any atom is -0.870 e. The first-order valence-corrected chi connectivity index (χ1v) is 0. The molecular weight excluding hydrogens is 272 g/mol. The van der Waals surface area contributed by atoms with E-state index in [1.165, 1.54) is 0 Å². The summed E-state index contributed by atoms with van der Waals surface area (Å²) in [6, 6.07) is 0. The Bertz CT molecular complexity index is 3.90. The van der Waals surface area contributed by atoms with Crippen LogP contribution in [0.4, 0.5) is 0 Å². The van der Waals surface area contributed by atoms with Gasteiger partial charge in [-0.1, -0.05) is 0 Å². The molecular formula is H6IrO5. The van der Waals surface area contributed by atoms with Crippen LogP contribution >= 0.6 is 0 Å². The Hall–Kier alpha value is 0.449. The predicted octanol–water partition coefficient (Wildman–Crippen LogP) is -1.53. The van der Waals surface area contributed by atoms with Gasteiger partial charge in [0.2, 0.25) is 0 Å². The van der Waals surface area contributed by atoms with E-state index in [2.05, 4.69) is 0 Å². The van der Waals surface area contributed by atoms with E-state index in [9.17, 15) is 0 Å². The molecule has 5 nitrogen and oxygen atoms in total. The molecule has 0 aliphatic heterocycles. The van der Waals surface area contributed by atoms with Crippen LogP contribution in [0.5, 0.6) is 0 Å². The fourth-order valence-corrected chi connectivity index (χ4v) is 0. The fourth-order valence-electron chi connectivity index (χ4n) is 0. The summed E-state index contributed by atoms with van der Waals surface area (Å²) in [5.74, 6) is 0. The van der Waals surface area contributed by atoms with E-state index in [0.717, 1.165) is 0 Å². The van der Waals surface area contributed by atoms with Gasteiger partial charge in [0.15, 0.2) is 0 Å². The Morgan fingerprint density at radius 1 is 0.500 bits per heavy atom. The number of hydrogen-bond acceptors (Lipinski definition) is 4. The topological polar surface area (TPSA) is 152 Å². The van der Waals surface area contributed by atoms with Gasteiger partial charge < -0.3 is 27.4 Å². The monoisotopic (exact) mass is 279 g/mol. The van der Waals surface area contributed by atoms with Gasteiger partial charge in [0.25, 0.3) is 0 Å². The largest absolute Gasteiger partial charge is 4.00 e. The second-order valence-electron chi connectivity index (χ2n) is 0. The van der Waals surface area contributed by atoms with E-state index >= 15 is 0 Å². The molecule has 0 aromatic rings. The van der Waals surface area contributed by atoms with Crippen molar-refractivity contribution in [1.29, 1.82) is 0 Å². The maximum Gasteiger partial charge on any atom is 4.00 e. The molecule has 0 aliphatic rings. The van der Waals surface area contributed by atoms with E-state index in [4.69, 9.17) is 0 Å². The summed E-state index contributed by atoms with van der Waals surface area (Å²) in [4.78, 5) is 0. The minimum atomic E-state index is 0. The predicted molar refractivity (Wildman–Crippen MR) is 11.4 cm³/mol. The summed E-state index contributed by atoms with van der Waals surface area (Å²) in [6.07, 6.45) is 0. The van der Waals surface area contributed by atoms with Crippen molar-refractivity contribution in [3.05, 3.63) is 0 Å². The molecule has 0 atom stereocenters.